The summed E-state index contributed by atoms with van der Waals surface area (Å²) in [6, 6.07) is 5.62. The van der Waals surface area contributed by atoms with Crippen LogP contribution in [0.15, 0.2) is 30.6 Å². The molecule has 2 fully saturated rings. The van der Waals surface area contributed by atoms with Crippen molar-refractivity contribution in [3.05, 3.63) is 36.3 Å². The fourth-order valence-corrected chi connectivity index (χ4v) is 3.40. The highest BCUT2D eigenvalue weighted by atomic mass is 35.5. The van der Waals surface area contributed by atoms with E-state index in [2.05, 4.69) is 26.0 Å². The Hall–Kier alpha value is -2.65. The summed E-state index contributed by atoms with van der Waals surface area (Å²) in [7, 11) is 0. The summed E-state index contributed by atoms with van der Waals surface area (Å²) in [4.78, 5) is 30.2. The molecule has 10 heteroatoms. The first-order valence-electron chi connectivity index (χ1n) is 9.24. The van der Waals surface area contributed by atoms with Crippen LogP contribution in [-0.2, 0) is 4.79 Å². The minimum Gasteiger partial charge on any atom is -0.353 e. The fourth-order valence-electron chi connectivity index (χ4n) is 3.40. The number of nitrogens with zero attached hydrogens (tertiary/aromatic N) is 4. The van der Waals surface area contributed by atoms with Crippen molar-refractivity contribution in [2.45, 2.75) is 18.9 Å². The molecule has 0 saturated carbocycles. The van der Waals surface area contributed by atoms with Gasteiger partial charge in [-0.2, -0.15) is 5.10 Å². The predicted octanol–water partition coefficient (Wildman–Crippen LogP) is 0.813. The Bertz CT molecular complexity index is 818. The van der Waals surface area contributed by atoms with Crippen LogP contribution in [0, 0.1) is 0 Å². The average Bonchev–Trinajstić information content (AvgIpc) is 3.20. The molecular weight excluding hydrogens is 382 g/mol. The second-order valence-electron chi connectivity index (χ2n) is 6.81. The zero-order valence-corrected chi connectivity index (χ0v) is 16.2. The van der Waals surface area contributed by atoms with Crippen LogP contribution in [0.1, 0.15) is 29.4 Å². The van der Waals surface area contributed by atoms with Crippen LogP contribution in [0.25, 0.3) is 0 Å². The Morgan fingerprint density at radius 2 is 2.14 bits per heavy atom. The number of pyridine rings is 1. The number of rotatable bonds is 4. The number of hydrogen-bond donors (Lipinski definition) is 3. The fraction of sp³-hybridized carbons (Fsp3) is 0.444. The number of amides is 2. The molecule has 4 heterocycles. The van der Waals surface area contributed by atoms with Crippen molar-refractivity contribution in [1.82, 2.24) is 25.4 Å². The van der Waals surface area contributed by atoms with Gasteiger partial charge in [0.25, 0.3) is 5.91 Å². The second-order valence-corrected chi connectivity index (χ2v) is 6.81. The molecule has 0 radical (unpaired) electrons. The van der Waals surface area contributed by atoms with Crippen LogP contribution in [0.4, 0.5) is 11.5 Å². The Morgan fingerprint density at radius 3 is 2.86 bits per heavy atom. The third kappa shape index (κ3) is 4.60. The van der Waals surface area contributed by atoms with Crippen LogP contribution in [0.5, 0.6) is 0 Å². The molecule has 28 heavy (non-hydrogen) atoms. The van der Waals surface area contributed by atoms with E-state index in [1.165, 1.54) is 0 Å². The van der Waals surface area contributed by atoms with Crippen LogP contribution >= 0.6 is 12.4 Å². The maximum absolute atomic E-state index is 12.4. The van der Waals surface area contributed by atoms with Gasteiger partial charge in [0.1, 0.15) is 5.82 Å². The lowest BCUT2D eigenvalue weighted by Crippen LogP contribution is -2.48. The lowest BCUT2D eigenvalue weighted by Gasteiger charge is -2.27. The number of piperidine rings is 1. The van der Waals surface area contributed by atoms with Crippen LogP contribution in [-0.4, -0.2) is 59.3 Å². The van der Waals surface area contributed by atoms with E-state index in [-0.39, 0.29) is 24.2 Å². The van der Waals surface area contributed by atoms with Gasteiger partial charge in [-0.1, -0.05) is 0 Å². The SMILES string of the molecule is Cl.O=C1CN(c2ccc(NC(=O)c3ccn(C4CCCNC4)n3)cn2)CCN1. The van der Waals surface area contributed by atoms with Gasteiger partial charge in [-0.3, -0.25) is 14.3 Å². The molecule has 2 aliphatic rings. The van der Waals surface area contributed by atoms with Gasteiger partial charge in [-0.05, 0) is 37.6 Å². The maximum atomic E-state index is 12.4. The van der Waals surface area contributed by atoms with Gasteiger partial charge in [0.15, 0.2) is 5.69 Å². The number of aromatic nitrogens is 3. The molecule has 2 aromatic heterocycles. The molecular formula is C18H24ClN7O2. The van der Waals surface area contributed by atoms with Crippen molar-refractivity contribution in [2.75, 3.05) is 42.9 Å². The molecule has 9 nitrogen and oxygen atoms in total. The van der Waals surface area contributed by atoms with Crippen molar-refractivity contribution in [2.24, 2.45) is 0 Å². The van der Waals surface area contributed by atoms with E-state index in [9.17, 15) is 9.59 Å². The summed E-state index contributed by atoms with van der Waals surface area (Å²) in [5.74, 6) is 0.450. The molecule has 0 aromatic carbocycles. The number of carbonyl (C=O) groups is 2. The van der Waals surface area contributed by atoms with Gasteiger partial charge in [-0.25, -0.2) is 4.98 Å². The Balaban J connectivity index is 0.00000225. The highest BCUT2D eigenvalue weighted by Crippen LogP contribution is 2.17. The summed E-state index contributed by atoms with van der Waals surface area (Å²) in [5.41, 5.74) is 0.983. The van der Waals surface area contributed by atoms with Crippen molar-refractivity contribution in [3.8, 4) is 0 Å². The summed E-state index contributed by atoms with van der Waals surface area (Å²) in [5, 5.41) is 13.4. The third-order valence-electron chi connectivity index (χ3n) is 4.85. The molecule has 2 saturated heterocycles. The largest absolute Gasteiger partial charge is 0.353 e. The number of nitrogens with one attached hydrogen (secondary N) is 3. The molecule has 1 atom stereocenters. The normalized spacial score (nSPS) is 19.5. The molecule has 4 rings (SSSR count). The van der Waals surface area contributed by atoms with E-state index >= 15 is 0 Å². The number of piperazine rings is 1. The quantitative estimate of drug-likeness (QED) is 0.695. The number of halogens is 1. The minimum absolute atomic E-state index is 0. The minimum atomic E-state index is -0.260. The maximum Gasteiger partial charge on any atom is 0.276 e. The first kappa shape index (κ1) is 20.1. The molecule has 0 spiro atoms. The monoisotopic (exact) mass is 405 g/mol. The highest BCUT2D eigenvalue weighted by Gasteiger charge is 2.19. The van der Waals surface area contributed by atoms with Crippen molar-refractivity contribution in [1.29, 1.82) is 0 Å². The summed E-state index contributed by atoms with van der Waals surface area (Å²) < 4.78 is 1.86. The number of hydrogen-bond acceptors (Lipinski definition) is 6. The number of anilines is 2. The molecule has 0 aliphatic carbocycles. The van der Waals surface area contributed by atoms with Gasteiger partial charge in [0, 0.05) is 25.8 Å². The van der Waals surface area contributed by atoms with Crippen molar-refractivity contribution in [3.63, 3.8) is 0 Å². The molecule has 150 valence electrons. The van der Waals surface area contributed by atoms with E-state index in [0.29, 0.717) is 30.5 Å². The zero-order chi connectivity index (χ0) is 18.6. The topological polar surface area (TPSA) is 104 Å². The van der Waals surface area contributed by atoms with Crippen LogP contribution in [0.2, 0.25) is 0 Å². The van der Waals surface area contributed by atoms with Gasteiger partial charge < -0.3 is 20.9 Å². The van der Waals surface area contributed by atoms with Gasteiger partial charge >= 0.3 is 0 Å². The standard InChI is InChI=1S/C18H23N7O2.ClH/c26-17-12-24(9-7-20-17)16-4-3-13(10-21-16)22-18(27)15-5-8-25(23-15)14-2-1-6-19-11-14;/h3-5,8,10,14,19H,1-2,6-7,9,11-12H2,(H,20,26)(H,22,27);1H. The highest BCUT2D eigenvalue weighted by molar-refractivity contribution is 6.02. The summed E-state index contributed by atoms with van der Waals surface area (Å²) >= 11 is 0. The Labute approximate surface area is 169 Å². The van der Waals surface area contributed by atoms with Gasteiger partial charge in [0.05, 0.1) is 24.5 Å². The van der Waals surface area contributed by atoms with E-state index in [0.717, 1.165) is 38.3 Å². The smallest absolute Gasteiger partial charge is 0.276 e. The molecule has 2 aromatic rings. The van der Waals surface area contributed by atoms with E-state index in [1.807, 2.05) is 15.8 Å². The van der Waals surface area contributed by atoms with Crippen molar-refractivity contribution < 1.29 is 9.59 Å². The van der Waals surface area contributed by atoms with Crippen LogP contribution < -0.4 is 20.9 Å². The van der Waals surface area contributed by atoms with Gasteiger partial charge in [-0.15, -0.1) is 12.4 Å². The number of carbonyl (C=O) groups excluding carboxylic acids is 2. The summed E-state index contributed by atoms with van der Waals surface area (Å²) in [6.07, 6.45) is 5.63. The predicted molar refractivity (Wildman–Crippen MR) is 108 cm³/mol. The van der Waals surface area contributed by atoms with E-state index in [1.54, 1.807) is 24.4 Å². The lowest BCUT2D eigenvalue weighted by molar-refractivity contribution is -0.120. The molecule has 0 bridgehead atoms. The van der Waals surface area contributed by atoms with E-state index < -0.39 is 0 Å². The first-order chi connectivity index (χ1) is 13.2. The molecule has 2 amide bonds. The van der Waals surface area contributed by atoms with Crippen molar-refractivity contribution >= 4 is 35.7 Å². The molecule has 1 unspecified atom stereocenters. The first-order valence-corrected chi connectivity index (χ1v) is 9.24. The van der Waals surface area contributed by atoms with Gasteiger partial charge in [0.2, 0.25) is 5.91 Å². The van der Waals surface area contributed by atoms with Crippen LogP contribution in [0.3, 0.4) is 0 Å². The Kier molecular flexibility index (Phi) is 6.48. The average molecular weight is 406 g/mol. The third-order valence-corrected chi connectivity index (χ3v) is 4.85. The zero-order valence-electron chi connectivity index (χ0n) is 15.4. The molecule has 2 aliphatic heterocycles. The lowest BCUT2D eigenvalue weighted by atomic mass is 10.1. The van der Waals surface area contributed by atoms with E-state index in [4.69, 9.17) is 0 Å². The molecule has 3 N–H and O–H groups in total. The Morgan fingerprint density at radius 1 is 1.25 bits per heavy atom. The summed E-state index contributed by atoms with van der Waals surface area (Å²) in [6.45, 7) is 3.54. The second kappa shape index (κ2) is 9.03.